The lowest BCUT2D eigenvalue weighted by molar-refractivity contribution is -0.133. The molecule has 8 nitrogen and oxygen atoms in total. The molecule has 2 atom stereocenters. The van der Waals surface area contributed by atoms with Crippen molar-refractivity contribution in [3.05, 3.63) is 48.0 Å². The van der Waals surface area contributed by atoms with Gasteiger partial charge in [-0.05, 0) is 54.4 Å². The zero-order valence-electron chi connectivity index (χ0n) is 21.8. The SMILES string of the molecule is N=C(N)NCCC[C@H]1N[C@H](CNC(=O)Cc2ccc3ccccc3c2)CCN(CC2CCCCC2)C1=O. The van der Waals surface area contributed by atoms with Crippen molar-refractivity contribution in [3.8, 4) is 0 Å². The van der Waals surface area contributed by atoms with Gasteiger partial charge in [0.25, 0.3) is 0 Å². The van der Waals surface area contributed by atoms with Gasteiger partial charge in [0.05, 0.1) is 12.5 Å². The van der Waals surface area contributed by atoms with E-state index in [-0.39, 0.29) is 29.9 Å². The van der Waals surface area contributed by atoms with E-state index in [0.29, 0.717) is 31.8 Å². The molecule has 4 rings (SSSR count). The molecule has 1 saturated carbocycles. The summed E-state index contributed by atoms with van der Waals surface area (Å²) in [6.45, 7) is 2.62. The standard InChI is InChI=1S/C29H42N6O2/c30-29(31)32-15-6-11-26-28(37)35(20-21-7-2-1-3-8-21)16-14-25(34-26)19-33-27(36)18-22-12-13-23-9-4-5-10-24(23)17-22/h4-5,9-10,12-13,17,21,25-26,34H,1-3,6-8,11,14-16,18-20H2,(H,33,36)(H4,30,31,32)/t25-,26+/m0/s1. The predicted octanol–water partition coefficient (Wildman–Crippen LogP) is 2.90. The number of carbonyl (C=O) groups is 2. The number of hydrogen-bond acceptors (Lipinski definition) is 4. The van der Waals surface area contributed by atoms with Crippen molar-refractivity contribution < 1.29 is 9.59 Å². The van der Waals surface area contributed by atoms with Gasteiger partial charge in [-0.2, -0.15) is 0 Å². The minimum Gasteiger partial charge on any atom is -0.370 e. The largest absolute Gasteiger partial charge is 0.370 e. The maximum Gasteiger partial charge on any atom is 0.239 e. The van der Waals surface area contributed by atoms with E-state index in [2.05, 4.69) is 45.1 Å². The number of benzene rings is 2. The van der Waals surface area contributed by atoms with Crippen LogP contribution in [0, 0.1) is 11.3 Å². The molecular formula is C29H42N6O2. The van der Waals surface area contributed by atoms with Crippen LogP contribution >= 0.6 is 0 Å². The molecule has 0 radical (unpaired) electrons. The molecule has 1 aliphatic heterocycles. The van der Waals surface area contributed by atoms with Gasteiger partial charge in [-0.15, -0.1) is 0 Å². The summed E-state index contributed by atoms with van der Waals surface area (Å²) in [6.07, 6.45) is 8.80. The second-order valence-electron chi connectivity index (χ2n) is 10.6. The van der Waals surface area contributed by atoms with E-state index in [1.54, 1.807) is 0 Å². The predicted molar refractivity (Wildman–Crippen MR) is 148 cm³/mol. The van der Waals surface area contributed by atoms with Crippen LogP contribution in [0.5, 0.6) is 0 Å². The topological polar surface area (TPSA) is 123 Å². The fourth-order valence-electron chi connectivity index (χ4n) is 5.67. The Hall–Kier alpha value is -3.13. The van der Waals surface area contributed by atoms with E-state index in [9.17, 15) is 9.59 Å². The van der Waals surface area contributed by atoms with Gasteiger partial charge in [0.2, 0.25) is 11.8 Å². The number of nitrogens with one attached hydrogen (secondary N) is 4. The van der Waals surface area contributed by atoms with Gasteiger partial charge in [0, 0.05) is 32.2 Å². The molecule has 2 aliphatic rings. The van der Waals surface area contributed by atoms with Crippen molar-refractivity contribution >= 4 is 28.5 Å². The number of guanidine groups is 1. The number of rotatable bonds is 10. The minimum atomic E-state index is -0.290. The van der Waals surface area contributed by atoms with Crippen LogP contribution in [0.4, 0.5) is 0 Å². The number of nitrogens with two attached hydrogens (primary N) is 1. The van der Waals surface area contributed by atoms with Gasteiger partial charge < -0.3 is 26.6 Å². The van der Waals surface area contributed by atoms with Crippen LogP contribution in [0.3, 0.4) is 0 Å². The van der Waals surface area contributed by atoms with Crippen molar-refractivity contribution in [1.82, 2.24) is 20.9 Å². The Morgan fingerprint density at radius 1 is 1.05 bits per heavy atom. The zero-order valence-corrected chi connectivity index (χ0v) is 21.8. The van der Waals surface area contributed by atoms with Gasteiger partial charge in [0.15, 0.2) is 5.96 Å². The first-order valence-corrected chi connectivity index (χ1v) is 13.8. The maximum atomic E-state index is 13.5. The van der Waals surface area contributed by atoms with Gasteiger partial charge in [0.1, 0.15) is 0 Å². The molecule has 2 aromatic rings. The molecule has 8 heteroatoms. The van der Waals surface area contributed by atoms with Crippen LogP contribution in [0.15, 0.2) is 42.5 Å². The Kier molecular flexibility index (Phi) is 9.77. The Balaban J connectivity index is 1.33. The number of fused-ring (bicyclic) bond motifs is 1. The summed E-state index contributed by atoms with van der Waals surface area (Å²) in [5, 5.41) is 19.1. The van der Waals surface area contributed by atoms with E-state index in [0.717, 1.165) is 36.9 Å². The lowest BCUT2D eigenvalue weighted by atomic mass is 9.89. The number of nitrogens with zero attached hydrogens (tertiary/aromatic N) is 1. The first-order valence-electron chi connectivity index (χ1n) is 13.8. The Morgan fingerprint density at radius 3 is 2.62 bits per heavy atom. The summed E-state index contributed by atoms with van der Waals surface area (Å²) < 4.78 is 0. The highest BCUT2D eigenvalue weighted by Crippen LogP contribution is 2.25. The second-order valence-corrected chi connectivity index (χ2v) is 10.6. The van der Waals surface area contributed by atoms with Crippen LogP contribution < -0.4 is 21.7 Å². The van der Waals surface area contributed by atoms with Crippen LogP contribution in [-0.4, -0.2) is 60.9 Å². The average molecular weight is 507 g/mol. The highest BCUT2D eigenvalue weighted by atomic mass is 16.2. The second kappa shape index (κ2) is 13.4. The molecule has 1 aliphatic carbocycles. The van der Waals surface area contributed by atoms with Crippen LogP contribution in [0.2, 0.25) is 0 Å². The minimum absolute atomic E-state index is 0.00563. The normalized spacial score (nSPS) is 21.0. The monoisotopic (exact) mass is 506 g/mol. The summed E-state index contributed by atoms with van der Waals surface area (Å²) in [6, 6.07) is 14.1. The lowest BCUT2D eigenvalue weighted by Crippen LogP contribution is -2.49. The molecule has 2 aromatic carbocycles. The molecule has 0 bridgehead atoms. The fraction of sp³-hybridized carbons (Fsp3) is 0.552. The van der Waals surface area contributed by atoms with Gasteiger partial charge >= 0.3 is 0 Å². The number of hydrogen-bond donors (Lipinski definition) is 5. The molecule has 1 heterocycles. The van der Waals surface area contributed by atoms with E-state index in [1.165, 1.54) is 37.5 Å². The Bertz CT molecular complexity index is 1070. The molecule has 37 heavy (non-hydrogen) atoms. The summed E-state index contributed by atoms with van der Waals surface area (Å²) >= 11 is 0. The Morgan fingerprint density at radius 2 is 1.84 bits per heavy atom. The smallest absolute Gasteiger partial charge is 0.239 e. The lowest BCUT2D eigenvalue weighted by Gasteiger charge is -2.30. The van der Waals surface area contributed by atoms with E-state index in [4.69, 9.17) is 11.1 Å². The molecule has 0 aromatic heterocycles. The van der Waals surface area contributed by atoms with Crippen LogP contribution in [-0.2, 0) is 16.0 Å². The molecule has 200 valence electrons. The summed E-state index contributed by atoms with van der Waals surface area (Å²) in [5.41, 5.74) is 6.40. The van der Waals surface area contributed by atoms with Gasteiger partial charge in [-0.3, -0.25) is 15.0 Å². The van der Waals surface area contributed by atoms with Crippen LogP contribution in [0.1, 0.15) is 56.9 Å². The third-order valence-corrected chi connectivity index (χ3v) is 7.71. The molecular weight excluding hydrogens is 464 g/mol. The molecule has 1 saturated heterocycles. The van der Waals surface area contributed by atoms with Crippen molar-refractivity contribution in [2.45, 2.75) is 69.9 Å². The van der Waals surface area contributed by atoms with E-state index in [1.807, 2.05) is 18.2 Å². The van der Waals surface area contributed by atoms with Crippen molar-refractivity contribution in [2.75, 3.05) is 26.2 Å². The summed E-state index contributed by atoms with van der Waals surface area (Å²) in [7, 11) is 0. The van der Waals surface area contributed by atoms with Crippen LogP contribution in [0.25, 0.3) is 10.8 Å². The molecule has 6 N–H and O–H groups in total. The van der Waals surface area contributed by atoms with Gasteiger partial charge in [-0.25, -0.2) is 0 Å². The van der Waals surface area contributed by atoms with E-state index < -0.39 is 0 Å². The molecule has 0 spiro atoms. The quantitative estimate of drug-likeness (QED) is 0.193. The summed E-state index contributed by atoms with van der Waals surface area (Å²) in [4.78, 5) is 28.3. The van der Waals surface area contributed by atoms with E-state index >= 15 is 0 Å². The highest BCUT2D eigenvalue weighted by Gasteiger charge is 2.32. The van der Waals surface area contributed by atoms with Crippen molar-refractivity contribution in [3.63, 3.8) is 0 Å². The first kappa shape index (κ1) is 26.9. The maximum absolute atomic E-state index is 13.5. The van der Waals surface area contributed by atoms with Crippen molar-refractivity contribution in [2.24, 2.45) is 11.7 Å². The number of carbonyl (C=O) groups excluding carboxylic acids is 2. The fourth-order valence-corrected chi connectivity index (χ4v) is 5.67. The first-order chi connectivity index (χ1) is 18.0. The molecule has 0 unspecified atom stereocenters. The third-order valence-electron chi connectivity index (χ3n) is 7.71. The van der Waals surface area contributed by atoms with Crippen molar-refractivity contribution in [1.29, 1.82) is 5.41 Å². The highest BCUT2D eigenvalue weighted by molar-refractivity contribution is 5.85. The molecule has 2 fully saturated rings. The molecule has 2 amide bonds. The Labute approximate surface area is 220 Å². The average Bonchev–Trinajstić information content (AvgIpc) is 3.04. The number of amides is 2. The third kappa shape index (κ3) is 8.18. The summed E-state index contributed by atoms with van der Waals surface area (Å²) in [5.74, 6) is 0.703. The van der Waals surface area contributed by atoms with Gasteiger partial charge in [-0.1, -0.05) is 61.7 Å². The zero-order chi connectivity index (χ0) is 26.0.